The Morgan fingerprint density at radius 3 is 2.52 bits per heavy atom. The van der Waals surface area contributed by atoms with Gasteiger partial charge in [-0.3, -0.25) is 14.8 Å². The molecule has 7 nitrogen and oxygen atoms in total. The van der Waals surface area contributed by atoms with Crippen molar-refractivity contribution in [3.63, 3.8) is 0 Å². The number of halogens is 1. The number of rotatable bonds is 7. The number of ether oxygens (including phenoxy) is 1. The van der Waals surface area contributed by atoms with Crippen LogP contribution in [0, 0.1) is 5.82 Å². The zero-order chi connectivity index (χ0) is 21.0. The third-order valence-corrected chi connectivity index (χ3v) is 5.09. The summed E-state index contributed by atoms with van der Waals surface area (Å²) in [5.41, 5.74) is 1.83. The number of amides is 1. The van der Waals surface area contributed by atoms with Crippen molar-refractivity contribution >= 4 is 38.1 Å². The number of anilines is 2. The van der Waals surface area contributed by atoms with E-state index in [2.05, 4.69) is 15.0 Å². The van der Waals surface area contributed by atoms with Gasteiger partial charge < -0.3 is 4.74 Å². The molecular weight excluding hydrogens is 417 g/mol. The summed E-state index contributed by atoms with van der Waals surface area (Å²) in [6, 6.07) is 12.5. The molecule has 0 aliphatic carbocycles. The molecule has 3 rings (SSSR count). The first kappa shape index (κ1) is 20.7. The first-order valence-corrected chi connectivity index (χ1v) is 11.2. The topological polar surface area (TPSA) is 97.4 Å². The Hall–Kier alpha value is -2.98. The van der Waals surface area contributed by atoms with Crippen LogP contribution in [-0.2, 0) is 14.8 Å². The van der Waals surface area contributed by atoms with Crippen molar-refractivity contribution in [1.82, 2.24) is 4.98 Å². The number of carbonyl (C=O) groups is 1. The third kappa shape index (κ3) is 5.75. The largest absolute Gasteiger partial charge is 0.478 e. The number of benzene rings is 2. The normalized spacial score (nSPS) is 12.2. The number of thiazole rings is 1. The van der Waals surface area contributed by atoms with E-state index in [4.69, 9.17) is 4.74 Å². The van der Waals surface area contributed by atoms with Gasteiger partial charge >= 0.3 is 0 Å². The molecule has 1 unspecified atom stereocenters. The molecule has 3 aromatic rings. The molecule has 152 valence electrons. The van der Waals surface area contributed by atoms with E-state index in [9.17, 15) is 17.6 Å². The molecule has 29 heavy (non-hydrogen) atoms. The Labute approximate surface area is 171 Å². The summed E-state index contributed by atoms with van der Waals surface area (Å²) in [6.07, 6.45) is 0.160. The number of aromatic nitrogens is 1. The Balaban J connectivity index is 1.64. The standard InChI is InChI=1S/C19H18FN3O4S2/c1-12(27-17-6-4-3-5-15(17)20)18(24)22-19-21-16(11-28-19)13-7-9-14(10-8-13)23-29(2,25)26/h3-12,23H,1-2H3,(H,21,22,24). The summed E-state index contributed by atoms with van der Waals surface area (Å²) in [7, 11) is -3.34. The van der Waals surface area contributed by atoms with Crippen LogP contribution in [0.5, 0.6) is 5.75 Å². The van der Waals surface area contributed by atoms with Crippen LogP contribution in [0.3, 0.4) is 0 Å². The highest BCUT2D eigenvalue weighted by molar-refractivity contribution is 7.92. The summed E-state index contributed by atoms with van der Waals surface area (Å²) in [5, 5.41) is 4.77. The van der Waals surface area contributed by atoms with Crippen molar-refractivity contribution in [2.75, 3.05) is 16.3 Å². The van der Waals surface area contributed by atoms with E-state index in [1.165, 1.54) is 36.5 Å². The van der Waals surface area contributed by atoms with Gasteiger partial charge in [-0.2, -0.15) is 0 Å². The lowest BCUT2D eigenvalue weighted by atomic mass is 10.1. The zero-order valence-corrected chi connectivity index (χ0v) is 17.2. The van der Waals surface area contributed by atoms with Gasteiger partial charge in [-0.25, -0.2) is 17.8 Å². The molecular formula is C19H18FN3O4S2. The van der Waals surface area contributed by atoms with E-state index in [-0.39, 0.29) is 5.75 Å². The summed E-state index contributed by atoms with van der Waals surface area (Å²) in [5.74, 6) is -1.00. The fraction of sp³-hybridized carbons (Fsp3) is 0.158. The van der Waals surface area contributed by atoms with Gasteiger partial charge in [-0.05, 0) is 31.2 Å². The molecule has 10 heteroatoms. The number of sulfonamides is 1. The van der Waals surface area contributed by atoms with Crippen LogP contribution in [0.4, 0.5) is 15.2 Å². The highest BCUT2D eigenvalue weighted by atomic mass is 32.2. The quantitative estimate of drug-likeness (QED) is 0.589. The second-order valence-electron chi connectivity index (χ2n) is 6.17. The van der Waals surface area contributed by atoms with Crippen LogP contribution in [-0.4, -0.2) is 31.7 Å². The van der Waals surface area contributed by atoms with E-state index < -0.39 is 27.9 Å². The van der Waals surface area contributed by atoms with Gasteiger partial charge in [0.1, 0.15) is 0 Å². The molecule has 2 aromatic carbocycles. The van der Waals surface area contributed by atoms with Crippen molar-refractivity contribution in [1.29, 1.82) is 0 Å². The highest BCUT2D eigenvalue weighted by Crippen LogP contribution is 2.26. The molecule has 1 atom stereocenters. The molecule has 0 bridgehead atoms. The molecule has 0 aliphatic rings. The third-order valence-electron chi connectivity index (χ3n) is 3.73. The molecule has 2 N–H and O–H groups in total. The summed E-state index contributed by atoms with van der Waals surface area (Å²) >= 11 is 1.23. The molecule has 0 saturated carbocycles. The van der Waals surface area contributed by atoms with Crippen molar-refractivity contribution in [2.24, 2.45) is 0 Å². The van der Waals surface area contributed by atoms with Crippen molar-refractivity contribution in [2.45, 2.75) is 13.0 Å². The smallest absolute Gasteiger partial charge is 0.266 e. The fourth-order valence-electron chi connectivity index (χ4n) is 2.38. The highest BCUT2D eigenvalue weighted by Gasteiger charge is 2.18. The minimum absolute atomic E-state index is 0.00206. The van der Waals surface area contributed by atoms with Gasteiger partial charge in [-0.15, -0.1) is 11.3 Å². The molecule has 1 aromatic heterocycles. The Morgan fingerprint density at radius 1 is 1.17 bits per heavy atom. The number of para-hydroxylation sites is 1. The molecule has 1 heterocycles. The average molecular weight is 436 g/mol. The van der Waals surface area contributed by atoms with Crippen LogP contribution >= 0.6 is 11.3 Å². The maximum atomic E-state index is 13.6. The molecule has 0 fully saturated rings. The predicted molar refractivity (Wildman–Crippen MR) is 111 cm³/mol. The van der Waals surface area contributed by atoms with Crippen LogP contribution in [0.25, 0.3) is 11.3 Å². The second-order valence-corrected chi connectivity index (χ2v) is 8.78. The molecule has 0 radical (unpaired) electrons. The monoisotopic (exact) mass is 435 g/mol. The summed E-state index contributed by atoms with van der Waals surface area (Å²) in [4.78, 5) is 16.6. The number of nitrogens with one attached hydrogen (secondary N) is 2. The molecule has 0 saturated heterocycles. The summed E-state index contributed by atoms with van der Waals surface area (Å²) < 4.78 is 43.9. The van der Waals surface area contributed by atoms with E-state index in [0.29, 0.717) is 16.5 Å². The van der Waals surface area contributed by atoms with Crippen molar-refractivity contribution in [3.8, 4) is 17.0 Å². The maximum absolute atomic E-state index is 13.6. The SMILES string of the molecule is CC(Oc1ccccc1F)C(=O)Nc1nc(-c2ccc(NS(C)(=O)=O)cc2)cs1. The maximum Gasteiger partial charge on any atom is 0.266 e. The first-order valence-electron chi connectivity index (χ1n) is 8.47. The van der Waals surface area contributed by atoms with Crippen LogP contribution in [0.15, 0.2) is 53.9 Å². The van der Waals surface area contributed by atoms with Crippen molar-refractivity contribution in [3.05, 3.63) is 59.7 Å². The van der Waals surface area contributed by atoms with Crippen LogP contribution in [0.2, 0.25) is 0 Å². The van der Waals surface area contributed by atoms with Gasteiger partial charge in [0.25, 0.3) is 5.91 Å². The second kappa shape index (κ2) is 8.58. The number of carbonyl (C=O) groups excluding carboxylic acids is 1. The molecule has 1 amide bonds. The number of hydrogen-bond acceptors (Lipinski definition) is 6. The summed E-state index contributed by atoms with van der Waals surface area (Å²) in [6.45, 7) is 1.52. The minimum Gasteiger partial charge on any atom is -0.478 e. The molecule has 0 aliphatic heterocycles. The van der Waals surface area contributed by atoms with Crippen molar-refractivity contribution < 1.29 is 22.3 Å². The zero-order valence-electron chi connectivity index (χ0n) is 15.5. The van der Waals surface area contributed by atoms with Gasteiger partial charge in [0.15, 0.2) is 22.8 Å². The lowest BCUT2D eigenvalue weighted by molar-refractivity contribution is -0.122. The van der Waals surface area contributed by atoms with Gasteiger partial charge in [0, 0.05) is 16.6 Å². The average Bonchev–Trinajstić information content (AvgIpc) is 3.11. The Kier molecular flexibility index (Phi) is 6.14. The first-order chi connectivity index (χ1) is 13.7. The molecule has 0 spiro atoms. The van der Waals surface area contributed by atoms with Gasteiger partial charge in [-0.1, -0.05) is 24.3 Å². The number of hydrogen-bond donors (Lipinski definition) is 2. The van der Waals surface area contributed by atoms with Gasteiger partial charge in [0.2, 0.25) is 10.0 Å². The van der Waals surface area contributed by atoms with Gasteiger partial charge in [0.05, 0.1) is 11.9 Å². The fourth-order valence-corrected chi connectivity index (χ4v) is 3.67. The van der Waals surface area contributed by atoms with Crippen LogP contribution in [0.1, 0.15) is 6.92 Å². The Bertz CT molecular complexity index is 1110. The predicted octanol–water partition coefficient (Wildman–Crippen LogP) is 3.73. The van der Waals surface area contributed by atoms with E-state index >= 15 is 0 Å². The number of nitrogens with zero attached hydrogens (tertiary/aromatic N) is 1. The Morgan fingerprint density at radius 2 is 1.86 bits per heavy atom. The van der Waals surface area contributed by atoms with E-state index in [0.717, 1.165) is 11.8 Å². The van der Waals surface area contributed by atoms with E-state index in [1.54, 1.807) is 35.7 Å². The van der Waals surface area contributed by atoms with Crippen LogP contribution < -0.4 is 14.8 Å². The lowest BCUT2D eigenvalue weighted by Crippen LogP contribution is -2.30. The lowest BCUT2D eigenvalue weighted by Gasteiger charge is -2.14. The van der Waals surface area contributed by atoms with E-state index in [1.807, 2.05) is 0 Å². The minimum atomic E-state index is -3.34.